The summed E-state index contributed by atoms with van der Waals surface area (Å²) in [5, 5.41) is 4.74. The highest BCUT2D eigenvalue weighted by atomic mass is 35.5. The third kappa shape index (κ3) is 4.98. The zero-order valence-electron chi connectivity index (χ0n) is 17.2. The van der Waals surface area contributed by atoms with Crippen molar-refractivity contribution in [2.45, 2.75) is 46.1 Å². The van der Waals surface area contributed by atoms with Crippen LogP contribution >= 0.6 is 11.6 Å². The molecule has 7 heteroatoms. The number of amides is 1. The maximum atomic E-state index is 13.1. The van der Waals surface area contributed by atoms with Crippen molar-refractivity contribution in [1.29, 1.82) is 0 Å². The van der Waals surface area contributed by atoms with Crippen LogP contribution in [0, 0.1) is 11.3 Å². The van der Waals surface area contributed by atoms with Crippen molar-refractivity contribution in [1.82, 2.24) is 19.9 Å². The molecule has 1 aromatic heterocycles. The number of piperidine rings is 2. The van der Waals surface area contributed by atoms with E-state index >= 15 is 0 Å². The van der Waals surface area contributed by atoms with Gasteiger partial charge in [-0.15, -0.1) is 0 Å². The molecule has 0 radical (unpaired) electrons. The fourth-order valence-corrected chi connectivity index (χ4v) is 4.72. The molecule has 1 unspecified atom stereocenters. The van der Waals surface area contributed by atoms with Gasteiger partial charge >= 0.3 is 0 Å². The SMILES string of the molecule is CC1(C)CCCN(C(=O)C2CCCN(Cc3nc(-c4cccc(Cl)c4)no3)C2)C1. The molecule has 0 N–H and O–H groups in total. The van der Waals surface area contributed by atoms with Crippen LogP contribution in [-0.2, 0) is 11.3 Å². The summed E-state index contributed by atoms with van der Waals surface area (Å²) in [5.41, 5.74) is 1.06. The summed E-state index contributed by atoms with van der Waals surface area (Å²) in [6.07, 6.45) is 4.27. The molecular weight excluding hydrogens is 388 g/mol. The monoisotopic (exact) mass is 416 g/mol. The molecule has 1 aromatic carbocycles. The zero-order valence-corrected chi connectivity index (χ0v) is 18.0. The van der Waals surface area contributed by atoms with E-state index in [1.807, 2.05) is 24.3 Å². The highest BCUT2D eigenvalue weighted by Crippen LogP contribution is 2.30. The van der Waals surface area contributed by atoms with Crippen LogP contribution in [0.5, 0.6) is 0 Å². The van der Waals surface area contributed by atoms with E-state index in [9.17, 15) is 4.79 Å². The minimum absolute atomic E-state index is 0.0629. The normalized spacial score (nSPS) is 22.6. The van der Waals surface area contributed by atoms with E-state index in [1.165, 1.54) is 6.42 Å². The maximum Gasteiger partial charge on any atom is 0.241 e. The Bertz CT molecular complexity index is 866. The van der Waals surface area contributed by atoms with Crippen LogP contribution in [0.1, 0.15) is 45.4 Å². The number of benzene rings is 1. The molecule has 2 fully saturated rings. The van der Waals surface area contributed by atoms with E-state index in [2.05, 4.69) is 33.8 Å². The van der Waals surface area contributed by atoms with Gasteiger partial charge in [0.15, 0.2) is 0 Å². The van der Waals surface area contributed by atoms with Gasteiger partial charge < -0.3 is 9.42 Å². The second-order valence-corrected chi connectivity index (χ2v) is 9.56. The maximum absolute atomic E-state index is 13.1. The van der Waals surface area contributed by atoms with E-state index < -0.39 is 0 Å². The number of hydrogen-bond donors (Lipinski definition) is 0. The second kappa shape index (κ2) is 8.44. The Hall–Kier alpha value is -1.92. The van der Waals surface area contributed by atoms with Gasteiger partial charge in [-0.1, -0.05) is 42.7 Å². The van der Waals surface area contributed by atoms with E-state index in [4.69, 9.17) is 16.1 Å². The molecule has 2 aliphatic heterocycles. The minimum Gasteiger partial charge on any atom is -0.342 e. The first-order valence-electron chi connectivity index (χ1n) is 10.5. The van der Waals surface area contributed by atoms with Crippen molar-refractivity contribution in [2.75, 3.05) is 26.2 Å². The zero-order chi connectivity index (χ0) is 20.4. The first-order valence-corrected chi connectivity index (χ1v) is 10.9. The number of halogens is 1. The Labute approximate surface area is 177 Å². The molecule has 1 atom stereocenters. The summed E-state index contributed by atoms with van der Waals surface area (Å²) in [6, 6.07) is 7.43. The molecule has 0 spiro atoms. The Morgan fingerprint density at radius 3 is 2.97 bits per heavy atom. The van der Waals surface area contributed by atoms with Gasteiger partial charge in [-0.25, -0.2) is 0 Å². The van der Waals surface area contributed by atoms with Gasteiger partial charge in [-0.2, -0.15) is 4.98 Å². The van der Waals surface area contributed by atoms with Gasteiger partial charge in [-0.3, -0.25) is 9.69 Å². The molecule has 0 bridgehead atoms. The van der Waals surface area contributed by atoms with E-state index in [1.54, 1.807) is 0 Å². The Kier molecular flexibility index (Phi) is 5.93. The lowest BCUT2D eigenvalue weighted by Gasteiger charge is -2.41. The number of likely N-dealkylation sites (tertiary alicyclic amines) is 2. The van der Waals surface area contributed by atoms with Gasteiger partial charge in [0.25, 0.3) is 0 Å². The number of carbonyl (C=O) groups is 1. The third-order valence-corrected chi connectivity index (χ3v) is 6.21. The number of hydrogen-bond acceptors (Lipinski definition) is 5. The van der Waals surface area contributed by atoms with Gasteiger partial charge in [0, 0.05) is 30.2 Å². The number of carbonyl (C=O) groups excluding carboxylic acids is 1. The Balaban J connectivity index is 1.37. The first kappa shape index (κ1) is 20.4. The summed E-state index contributed by atoms with van der Waals surface area (Å²) in [6.45, 7) is 8.55. The largest absolute Gasteiger partial charge is 0.342 e. The predicted molar refractivity (Wildman–Crippen MR) is 112 cm³/mol. The summed E-state index contributed by atoms with van der Waals surface area (Å²) >= 11 is 6.05. The lowest BCUT2D eigenvalue weighted by Crippen LogP contribution is -2.49. The fraction of sp³-hybridized carbons (Fsp3) is 0.591. The molecule has 156 valence electrons. The average Bonchev–Trinajstić information content (AvgIpc) is 3.15. The van der Waals surface area contributed by atoms with E-state index in [0.29, 0.717) is 29.2 Å². The van der Waals surface area contributed by atoms with E-state index in [0.717, 1.165) is 51.0 Å². The smallest absolute Gasteiger partial charge is 0.241 e. The average molecular weight is 417 g/mol. The Morgan fingerprint density at radius 1 is 1.31 bits per heavy atom. The minimum atomic E-state index is 0.0629. The molecule has 2 saturated heterocycles. The van der Waals surface area contributed by atoms with Crippen molar-refractivity contribution in [3.63, 3.8) is 0 Å². The highest BCUT2D eigenvalue weighted by Gasteiger charge is 2.34. The van der Waals surface area contributed by atoms with Crippen molar-refractivity contribution >= 4 is 17.5 Å². The van der Waals surface area contributed by atoms with Gasteiger partial charge in [0.05, 0.1) is 12.5 Å². The Morgan fingerprint density at radius 2 is 2.17 bits per heavy atom. The summed E-state index contributed by atoms with van der Waals surface area (Å²) < 4.78 is 5.46. The van der Waals surface area contributed by atoms with Crippen LogP contribution in [0.25, 0.3) is 11.4 Å². The van der Waals surface area contributed by atoms with Crippen molar-refractivity contribution in [3.8, 4) is 11.4 Å². The lowest BCUT2D eigenvalue weighted by molar-refractivity contribution is -0.140. The summed E-state index contributed by atoms with van der Waals surface area (Å²) in [7, 11) is 0. The number of nitrogens with zero attached hydrogens (tertiary/aromatic N) is 4. The van der Waals surface area contributed by atoms with Crippen molar-refractivity contribution < 1.29 is 9.32 Å². The van der Waals surface area contributed by atoms with Gasteiger partial charge in [-0.05, 0) is 49.8 Å². The topological polar surface area (TPSA) is 62.5 Å². The van der Waals surface area contributed by atoms with Crippen LogP contribution in [0.3, 0.4) is 0 Å². The first-order chi connectivity index (χ1) is 13.9. The summed E-state index contributed by atoms with van der Waals surface area (Å²) in [5.74, 6) is 1.50. The molecule has 2 aromatic rings. The molecule has 0 aliphatic carbocycles. The molecule has 4 rings (SSSR count). The van der Waals surface area contributed by atoms with Crippen LogP contribution in [0.2, 0.25) is 5.02 Å². The van der Waals surface area contributed by atoms with Crippen LogP contribution < -0.4 is 0 Å². The third-order valence-electron chi connectivity index (χ3n) is 5.98. The van der Waals surface area contributed by atoms with Crippen molar-refractivity contribution in [2.24, 2.45) is 11.3 Å². The van der Waals surface area contributed by atoms with Gasteiger partial charge in [0.2, 0.25) is 17.6 Å². The second-order valence-electron chi connectivity index (χ2n) is 9.12. The van der Waals surface area contributed by atoms with E-state index in [-0.39, 0.29) is 11.3 Å². The van der Waals surface area contributed by atoms with Crippen molar-refractivity contribution in [3.05, 3.63) is 35.2 Å². The van der Waals surface area contributed by atoms with Crippen LogP contribution in [-0.4, -0.2) is 52.0 Å². The molecule has 1 amide bonds. The lowest BCUT2D eigenvalue weighted by atomic mass is 9.83. The molecule has 3 heterocycles. The van der Waals surface area contributed by atoms with Crippen LogP contribution in [0.4, 0.5) is 0 Å². The summed E-state index contributed by atoms with van der Waals surface area (Å²) in [4.78, 5) is 22.0. The van der Waals surface area contributed by atoms with Gasteiger partial charge in [0.1, 0.15) is 0 Å². The predicted octanol–water partition coefficient (Wildman–Crippen LogP) is 4.25. The quantitative estimate of drug-likeness (QED) is 0.745. The number of aromatic nitrogens is 2. The molecule has 0 saturated carbocycles. The molecule has 29 heavy (non-hydrogen) atoms. The number of rotatable bonds is 4. The van der Waals surface area contributed by atoms with Crippen LogP contribution in [0.15, 0.2) is 28.8 Å². The highest BCUT2D eigenvalue weighted by molar-refractivity contribution is 6.30. The molecular formula is C22H29ClN4O2. The standard InChI is InChI=1S/C22H29ClN4O2/c1-22(2)9-5-11-27(15-22)21(28)17-7-4-10-26(13-17)14-19-24-20(25-29-19)16-6-3-8-18(23)12-16/h3,6,8,12,17H,4-5,7,9-11,13-15H2,1-2H3. The molecule has 6 nitrogen and oxygen atoms in total. The fourth-order valence-electron chi connectivity index (χ4n) is 4.53. The molecule has 2 aliphatic rings.